The summed E-state index contributed by atoms with van der Waals surface area (Å²) < 4.78 is 11.5. The summed E-state index contributed by atoms with van der Waals surface area (Å²) in [5.74, 6) is 2.05. The summed E-state index contributed by atoms with van der Waals surface area (Å²) in [5.41, 5.74) is -0.326. The van der Waals surface area contributed by atoms with E-state index in [0.29, 0.717) is 11.7 Å². The highest BCUT2D eigenvalue weighted by Gasteiger charge is 2.17. The third-order valence-corrected chi connectivity index (χ3v) is 3.53. The van der Waals surface area contributed by atoms with E-state index >= 15 is 0 Å². The van der Waals surface area contributed by atoms with E-state index in [1.54, 1.807) is 0 Å². The average molecular weight is 215 g/mol. The van der Waals surface area contributed by atoms with Crippen LogP contribution in [0.4, 0.5) is 0 Å². The highest BCUT2D eigenvalue weighted by molar-refractivity contribution is 7.84. The van der Waals surface area contributed by atoms with Gasteiger partial charge < -0.3 is 0 Å². The predicted octanol–water partition coefficient (Wildman–Crippen LogP) is 2.72. The number of rotatable bonds is 6. The molecule has 0 N–H and O–H groups in total. The van der Waals surface area contributed by atoms with Crippen LogP contribution in [-0.2, 0) is 10.8 Å². The largest absolute Gasteiger partial charge is 0.260 e. The van der Waals surface area contributed by atoms with Crippen molar-refractivity contribution in [3.8, 4) is 6.07 Å². The van der Waals surface area contributed by atoms with E-state index in [4.69, 9.17) is 5.26 Å². The van der Waals surface area contributed by atoms with Crippen LogP contribution in [-0.4, -0.2) is 15.7 Å². The van der Waals surface area contributed by atoms with Crippen molar-refractivity contribution in [3.05, 3.63) is 0 Å². The Morgan fingerprint density at radius 2 is 1.93 bits per heavy atom. The van der Waals surface area contributed by atoms with Gasteiger partial charge in [0.25, 0.3) is 0 Å². The van der Waals surface area contributed by atoms with Gasteiger partial charge in [0.2, 0.25) is 0 Å². The van der Waals surface area contributed by atoms with Crippen LogP contribution in [0.25, 0.3) is 0 Å². The van der Waals surface area contributed by atoms with Crippen LogP contribution in [0.1, 0.15) is 40.5 Å². The van der Waals surface area contributed by atoms with Crippen molar-refractivity contribution >= 4 is 10.8 Å². The summed E-state index contributed by atoms with van der Waals surface area (Å²) in [6.45, 7) is 8.06. The first-order valence-corrected chi connectivity index (χ1v) is 6.62. The molecule has 0 saturated carbocycles. The van der Waals surface area contributed by atoms with E-state index in [1.165, 1.54) is 0 Å². The summed E-state index contributed by atoms with van der Waals surface area (Å²) in [5, 5.41) is 8.78. The molecule has 0 aliphatic rings. The molecule has 0 bridgehead atoms. The maximum Gasteiger partial charge on any atom is 0.0684 e. The SMILES string of the molecule is CC(C)CCS(=O)CCC(C)(C)C#N. The van der Waals surface area contributed by atoms with Crippen LogP contribution in [0.15, 0.2) is 0 Å². The maximum atomic E-state index is 11.5. The highest BCUT2D eigenvalue weighted by Crippen LogP contribution is 2.19. The van der Waals surface area contributed by atoms with Crippen molar-refractivity contribution in [1.29, 1.82) is 5.26 Å². The zero-order chi connectivity index (χ0) is 11.2. The molecule has 0 spiro atoms. The average Bonchev–Trinajstić information content (AvgIpc) is 2.11. The van der Waals surface area contributed by atoms with E-state index < -0.39 is 10.8 Å². The molecule has 0 rings (SSSR count). The Kier molecular flexibility index (Phi) is 6.03. The summed E-state index contributed by atoms with van der Waals surface area (Å²) in [6.07, 6.45) is 1.74. The van der Waals surface area contributed by atoms with Gasteiger partial charge in [-0.25, -0.2) is 0 Å². The molecule has 0 fully saturated rings. The van der Waals surface area contributed by atoms with Gasteiger partial charge in [-0.3, -0.25) is 4.21 Å². The van der Waals surface area contributed by atoms with Gasteiger partial charge in [0.05, 0.1) is 11.5 Å². The van der Waals surface area contributed by atoms with Gasteiger partial charge >= 0.3 is 0 Å². The number of nitriles is 1. The van der Waals surface area contributed by atoms with Crippen LogP contribution in [0.2, 0.25) is 0 Å². The molecule has 3 heteroatoms. The molecule has 82 valence electrons. The van der Waals surface area contributed by atoms with Gasteiger partial charge in [-0.2, -0.15) is 5.26 Å². The molecule has 0 aliphatic carbocycles. The minimum Gasteiger partial charge on any atom is -0.260 e. The molecule has 14 heavy (non-hydrogen) atoms. The zero-order valence-electron chi connectivity index (χ0n) is 9.67. The maximum absolute atomic E-state index is 11.5. The summed E-state index contributed by atoms with van der Waals surface area (Å²) in [4.78, 5) is 0. The number of hydrogen-bond donors (Lipinski definition) is 0. The van der Waals surface area contributed by atoms with Crippen molar-refractivity contribution in [3.63, 3.8) is 0 Å². The molecule has 0 aromatic rings. The van der Waals surface area contributed by atoms with Gasteiger partial charge in [-0.05, 0) is 32.6 Å². The first kappa shape index (κ1) is 13.6. The van der Waals surface area contributed by atoms with E-state index in [1.807, 2.05) is 13.8 Å². The zero-order valence-corrected chi connectivity index (χ0v) is 10.5. The minimum atomic E-state index is -0.740. The Balaban J connectivity index is 3.71. The predicted molar refractivity (Wildman–Crippen MR) is 61.3 cm³/mol. The van der Waals surface area contributed by atoms with Crippen molar-refractivity contribution in [2.45, 2.75) is 40.5 Å². The smallest absolute Gasteiger partial charge is 0.0684 e. The molecule has 0 amide bonds. The Morgan fingerprint density at radius 3 is 2.36 bits per heavy atom. The summed E-state index contributed by atoms with van der Waals surface area (Å²) in [6, 6.07) is 2.23. The third-order valence-electron chi connectivity index (χ3n) is 2.18. The fraction of sp³-hybridized carbons (Fsp3) is 0.909. The van der Waals surface area contributed by atoms with Crippen molar-refractivity contribution < 1.29 is 4.21 Å². The molecule has 0 saturated heterocycles. The van der Waals surface area contributed by atoms with E-state index in [2.05, 4.69) is 19.9 Å². The van der Waals surface area contributed by atoms with Gasteiger partial charge in [-0.1, -0.05) is 13.8 Å². The topological polar surface area (TPSA) is 40.9 Å². The van der Waals surface area contributed by atoms with Crippen LogP contribution < -0.4 is 0 Å². The van der Waals surface area contributed by atoms with E-state index in [-0.39, 0.29) is 5.41 Å². The summed E-state index contributed by atoms with van der Waals surface area (Å²) >= 11 is 0. The first-order valence-electron chi connectivity index (χ1n) is 5.13. The van der Waals surface area contributed by atoms with Crippen molar-refractivity contribution in [2.24, 2.45) is 11.3 Å². The molecule has 0 aromatic heterocycles. The number of nitrogens with zero attached hydrogens (tertiary/aromatic N) is 1. The Hall–Kier alpha value is -0.360. The fourth-order valence-corrected chi connectivity index (χ4v) is 2.57. The Bertz CT molecular complexity index is 228. The third kappa shape index (κ3) is 7.08. The van der Waals surface area contributed by atoms with Crippen LogP contribution in [0.3, 0.4) is 0 Å². The highest BCUT2D eigenvalue weighted by atomic mass is 32.2. The van der Waals surface area contributed by atoms with E-state index in [9.17, 15) is 4.21 Å². The fourth-order valence-electron chi connectivity index (χ4n) is 0.894. The molecule has 0 aliphatic heterocycles. The lowest BCUT2D eigenvalue weighted by atomic mass is 9.93. The van der Waals surface area contributed by atoms with Gasteiger partial charge in [-0.15, -0.1) is 0 Å². The van der Waals surface area contributed by atoms with Crippen molar-refractivity contribution in [1.82, 2.24) is 0 Å². The molecule has 0 aromatic carbocycles. The molecule has 2 nitrogen and oxygen atoms in total. The normalized spacial score (nSPS) is 14.0. The molecule has 1 unspecified atom stereocenters. The second kappa shape index (κ2) is 6.19. The van der Waals surface area contributed by atoms with Crippen LogP contribution >= 0.6 is 0 Å². The quantitative estimate of drug-likeness (QED) is 0.683. The lowest BCUT2D eigenvalue weighted by Crippen LogP contribution is -2.14. The van der Waals surface area contributed by atoms with Crippen LogP contribution in [0, 0.1) is 22.7 Å². The van der Waals surface area contributed by atoms with Crippen LogP contribution in [0.5, 0.6) is 0 Å². The minimum absolute atomic E-state index is 0.326. The number of hydrogen-bond acceptors (Lipinski definition) is 2. The van der Waals surface area contributed by atoms with Gasteiger partial charge in [0.15, 0.2) is 0 Å². The van der Waals surface area contributed by atoms with Crippen molar-refractivity contribution in [2.75, 3.05) is 11.5 Å². The molecular formula is C11H21NOS. The van der Waals surface area contributed by atoms with E-state index in [0.717, 1.165) is 18.6 Å². The van der Waals surface area contributed by atoms with Gasteiger partial charge in [0.1, 0.15) is 0 Å². The molecule has 0 heterocycles. The lowest BCUT2D eigenvalue weighted by molar-refractivity contribution is 0.478. The Morgan fingerprint density at radius 1 is 1.36 bits per heavy atom. The standard InChI is InChI=1S/C11H21NOS/c1-10(2)5-7-14(13)8-6-11(3,4)9-12/h10H,5-8H2,1-4H3. The molecular weight excluding hydrogens is 194 g/mol. The molecule has 0 radical (unpaired) electrons. The second-order valence-electron chi connectivity index (χ2n) is 4.78. The first-order chi connectivity index (χ1) is 6.37. The lowest BCUT2D eigenvalue weighted by Gasteiger charge is -2.14. The molecule has 1 atom stereocenters. The summed E-state index contributed by atoms with van der Waals surface area (Å²) in [7, 11) is -0.740. The van der Waals surface area contributed by atoms with Gasteiger partial charge in [0, 0.05) is 22.3 Å². The second-order valence-corrected chi connectivity index (χ2v) is 6.47. The Labute approximate surface area is 90.2 Å². The monoisotopic (exact) mass is 215 g/mol.